The Bertz CT molecular complexity index is 745. The standard InChI is InChI=1S/C21H26N2O3S/c1-4-16-6-8-17(9-7-16)22-20(24)14-27-15(3)21(25)23-18-10-12-19(13-11-18)26-5-2/h6-13,15H,4-5,14H2,1-3H3,(H,22,24)(H,23,25)/t15-/m1/s1. The fourth-order valence-corrected chi connectivity index (χ4v) is 3.03. The van der Waals surface area contributed by atoms with Gasteiger partial charge < -0.3 is 15.4 Å². The van der Waals surface area contributed by atoms with Crippen molar-refractivity contribution in [3.05, 3.63) is 54.1 Å². The minimum Gasteiger partial charge on any atom is -0.494 e. The van der Waals surface area contributed by atoms with Crippen molar-refractivity contribution in [2.75, 3.05) is 23.0 Å². The number of hydrogen-bond acceptors (Lipinski definition) is 4. The van der Waals surface area contributed by atoms with E-state index < -0.39 is 0 Å². The van der Waals surface area contributed by atoms with Crippen LogP contribution in [0, 0.1) is 0 Å². The molecule has 2 aromatic rings. The lowest BCUT2D eigenvalue weighted by atomic mass is 10.1. The molecule has 0 bridgehead atoms. The maximum Gasteiger partial charge on any atom is 0.237 e. The number of carbonyl (C=O) groups is 2. The SMILES string of the molecule is CCOc1ccc(NC(=O)[C@@H](C)SCC(=O)Nc2ccc(CC)cc2)cc1. The van der Waals surface area contributed by atoms with E-state index in [9.17, 15) is 9.59 Å². The minimum atomic E-state index is -0.343. The second-order valence-corrected chi connectivity index (χ2v) is 7.33. The van der Waals surface area contributed by atoms with E-state index in [1.165, 1.54) is 17.3 Å². The van der Waals surface area contributed by atoms with Crippen molar-refractivity contribution in [1.29, 1.82) is 0 Å². The molecular weight excluding hydrogens is 360 g/mol. The van der Waals surface area contributed by atoms with Crippen LogP contribution in [0.15, 0.2) is 48.5 Å². The third-order valence-electron chi connectivity index (χ3n) is 3.91. The summed E-state index contributed by atoms with van der Waals surface area (Å²) in [5, 5.41) is 5.36. The number of ether oxygens (including phenoxy) is 1. The minimum absolute atomic E-state index is 0.120. The number of anilines is 2. The fraction of sp³-hybridized carbons (Fsp3) is 0.333. The summed E-state index contributed by atoms with van der Waals surface area (Å²) in [6.07, 6.45) is 0.963. The van der Waals surface area contributed by atoms with E-state index in [4.69, 9.17) is 4.74 Å². The molecule has 144 valence electrons. The molecule has 0 aliphatic carbocycles. The summed E-state index contributed by atoms with van der Waals surface area (Å²) in [6, 6.07) is 15.0. The maximum absolute atomic E-state index is 12.3. The molecule has 5 nitrogen and oxygen atoms in total. The lowest BCUT2D eigenvalue weighted by molar-refractivity contribution is -0.115. The number of rotatable bonds is 9. The summed E-state index contributed by atoms with van der Waals surface area (Å²) in [5.74, 6) is 0.726. The molecule has 27 heavy (non-hydrogen) atoms. The summed E-state index contributed by atoms with van der Waals surface area (Å²) >= 11 is 1.30. The molecule has 1 atom stereocenters. The van der Waals surface area contributed by atoms with Gasteiger partial charge in [0.25, 0.3) is 0 Å². The highest BCUT2D eigenvalue weighted by atomic mass is 32.2. The predicted octanol–water partition coefficient (Wildman–Crippen LogP) is 4.35. The largest absolute Gasteiger partial charge is 0.494 e. The van der Waals surface area contributed by atoms with E-state index in [0.717, 1.165) is 17.9 Å². The van der Waals surface area contributed by atoms with Crippen LogP contribution in [-0.2, 0) is 16.0 Å². The number of amides is 2. The average Bonchev–Trinajstić information content (AvgIpc) is 2.68. The molecule has 0 unspecified atom stereocenters. The molecule has 2 rings (SSSR count). The van der Waals surface area contributed by atoms with Gasteiger partial charge in [0.15, 0.2) is 0 Å². The smallest absolute Gasteiger partial charge is 0.237 e. The highest BCUT2D eigenvalue weighted by Crippen LogP contribution is 2.18. The monoisotopic (exact) mass is 386 g/mol. The molecule has 0 aromatic heterocycles. The van der Waals surface area contributed by atoms with Crippen LogP contribution < -0.4 is 15.4 Å². The van der Waals surface area contributed by atoms with Gasteiger partial charge in [-0.3, -0.25) is 9.59 Å². The molecule has 0 aliphatic rings. The Morgan fingerprint density at radius 3 is 2.15 bits per heavy atom. The molecule has 2 aromatic carbocycles. The van der Waals surface area contributed by atoms with Gasteiger partial charge in [0.1, 0.15) is 5.75 Å². The summed E-state index contributed by atoms with van der Waals surface area (Å²) in [6.45, 7) is 6.40. The first-order valence-corrected chi connectivity index (χ1v) is 10.1. The second-order valence-electron chi connectivity index (χ2n) is 6.00. The molecule has 0 saturated carbocycles. The predicted molar refractivity (Wildman–Crippen MR) is 113 cm³/mol. The molecule has 0 saturated heterocycles. The molecule has 6 heteroatoms. The number of thioether (sulfide) groups is 1. The Morgan fingerprint density at radius 2 is 1.56 bits per heavy atom. The Kier molecular flexibility index (Phi) is 8.20. The van der Waals surface area contributed by atoms with Crippen LogP contribution in [0.3, 0.4) is 0 Å². The van der Waals surface area contributed by atoms with Crippen molar-refractivity contribution in [3.8, 4) is 5.75 Å². The van der Waals surface area contributed by atoms with Crippen molar-refractivity contribution in [2.24, 2.45) is 0 Å². The topological polar surface area (TPSA) is 67.4 Å². The van der Waals surface area contributed by atoms with Crippen molar-refractivity contribution < 1.29 is 14.3 Å². The van der Waals surface area contributed by atoms with E-state index >= 15 is 0 Å². The van der Waals surface area contributed by atoms with Gasteiger partial charge in [-0.2, -0.15) is 0 Å². The van der Waals surface area contributed by atoms with Crippen LogP contribution in [0.25, 0.3) is 0 Å². The lowest BCUT2D eigenvalue weighted by Crippen LogP contribution is -2.25. The quantitative estimate of drug-likeness (QED) is 0.672. The second kappa shape index (κ2) is 10.6. The third-order valence-corrected chi connectivity index (χ3v) is 5.06. The molecule has 2 N–H and O–H groups in total. The Balaban J connectivity index is 1.76. The van der Waals surface area contributed by atoms with E-state index in [-0.39, 0.29) is 22.8 Å². The third kappa shape index (κ3) is 6.98. The van der Waals surface area contributed by atoms with Crippen LogP contribution in [-0.4, -0.2) is 29.4 Å². The number of benzene rings is 2. The van der Waals surface area contributed by atoms with Crippen LogP contribution in [0.1, 0.15) is 26.3 Å². The molecule has 2 amide bonds. The number of hydrogen-bond donors (Lipinski definition) is 2. The number of aryl methyl sites for hydroxylation is 1. The van der Waals surface area contributed by atoms with Crippen molar-refractivity contribution in [3.63, 3.8) is 0 Å². The average molecular weight is 387 g/mol. The van der Waals surface area contributed by atoms with E-state index in [0.29, 0.717) is 12.3 Å². The lowest BCUT2D eigenvalue weighted by Gasteiger charge is -2.13. The summed E-state index contributed by atoms with van der Waals surface area (Å²) in [7, 11) is 0. The Labute approximate surface area is 164 Å². The van der Waals surface area contributed by atoms with Gasteiger partial charge in [0.05, 0.1) is 17.6 Å². The summed E-state index contributed by atoms with van der Waals surface area (Å²) < 4.78 is 5.38. The molecule has 0 heterocycles. The number of carbonyl (C=O) groups excluding carboxylic acids is 2. The Morgan fingerprint density at radius 1 is 0.963 bits per heavy atom. The van der Waals surface area contributed by atoms with Gasteiger partial charge >= 0.3 is 0 Å². The van der Waals surface area contributed by atoms with Crippen molar-refractivity contribution in [2.45, 2.75) is 32.4 Å². The summed E-state index contributed by atoms with van der Waals surface area (Å²) in [5.41, 5.74) is 2.70. The fourth-order valence-electron chi connectivity index (χ4n) is 2.34. The van der Waals surface area contributed by atoms with Gasteiger partial charge in [0, 0.05) is 11.4 Å². The molecule has 0 aliphatic heterocycles. The van der Waals surface area contributed by atoms with Crippen LogP contribution in [0.5, 0.6) is 5.75 Å². The van der Waals surface area contributed by atoms with E-state index in [1.807, 2.05) is 43.3 Å². The zero-order valence-electron chi connectivity index (χ0n) is 16.0. The highest BCUT2D eigenvalue weighted by molar-refractivity contribution is 8.01. The normalized spacial score (nSPS) is 11.5. The maximum atomic E-state index is 12.3. The van der Waals surface area contributed by atoms with Crippen LogP contribution >= 0.6 is 11.8 Å². The van der Waals surface area contributed by atoms with Gasteiger partial charge in [-0.1, -0.05) is 19.1 Å². The van der Waals surface area contributed by atoms with Crippen LogP contribution in [0.4, 0.5) is 11.4 Å². The van der Waals surface area contributed by atoms with Gasteiger partial charge in [0.2, 0.25) is 11.8 Å². The van der Waals surface area contributed by atoms with E-state index in [2.05, 4.69) is 17.6 Å². The molecule has 0 fully saturated rings. The Hall–Kier alpha value is -2.47. The first kappa shape index (κ1) is 20.8. The van der Waals surface area contributed by atoms with Gasteiger partial charge in [-0.15, -0.1) is 11.8 Å². The zero-order valence-corrected chi connectivity index (χ0v) is 16.8. The number of nitrogens with one attached hydrogen (secondary N) is 2. The highest BCUT2D eigenvalue weighted by Gasteiger charge is 2.15. The molecule has 0 spiro atoms. The van der Waals surface area contributed by atoms with Gasteiger partial charge in [-0.05, 0) is 62.2 Å². The van der Waals surface area contributed by atoms with Gasteiger partial charge in [-0.25, -0.2) is 0 Å². The first-order valence-electron chi connectivity index (χ1n) is 9.06. The van der Waals surface area contributed by atoms with Crippen molar-refractivity contribution in [1.82, 2.24) is 0 Å². The molecular formula is C21H26N2O3S. The van der Waals surface area contributed by atoms with Crippen LogP contribution in [0.2, 0.25) is 0 Å². The van der Waals surface area contributed by atoms with E-state index in [1.54, 1.807) is 19.1 Å². The zero-order chi connectivity index (χ0) is 19.6. The summed E-state index contributed by atoms with van der Waals surface area (Å²) in [4.78, 5) is 24.3. The molecule has 0 radical (unpaired) electrons. The van der Waals surface area contributed by atoms with Crippen molar-refractivity contribution >= 4 is 35.0 Å². The first-order chi connectivity index (χ1) is 13.0.